The molecule has 0 aliphatic carbocycles. The van der Waals surface area contributed by atoms with Crippen molar-refractivity contribution in [2.45, 2.75) is 19.9 Å². The van der Waals surface area contributed by atoms with Crippen LogP contribution in [0.2, 0.25) is 0 Å². The monoisotopic (exact) mass is 290 g/mol. The van der Waals surface area contributed by atoms with Gasteiger partial charge in [0.25, 0.3) is 0 Å². The van der Waals surface area contributed by atoms with Gasteiger partial charge in [-0.2, -0.15) is 0 Å². The fraction of sp³-hybridized carbons (Fsp3) is 0.267. The van der Waals surface area contributed by atoms with Crippen LogP contribution in [0.25, 0.3) is 0 Å². The Labute approximate surface area is 122 Å². The van der Waals surface area contributed by atoms with Crippen molar-refractivity contribution in [3.8, 4) is 0 Å². The number of nitrogen functional groups attached to an aromatic ring is 1. The summed E-state index contributed by atoms with van der Waals surface area (Å²) in [5, 5.41) is 4.21. The Kier molecular flexibility index (Phi) is 4.63. The van der Waals surface area contributed by atoms with Crippen LogP contribution >= 0.6 is 11.3 Å². The number of thiophene rings is 1. The highest BCUT2D eigenvalue weighted by molar-refractivity contribution is 7.18. The Morgan fingerprint density at radius 3 is 2.75 bits per heavy atom. The third kappa shape index (κ3) is 3.30. The first kappa shape index (κ1) is 14.4. The van der Waals surface area contributed by atoms with Gasteiger partial charge < -0.3 is 15.8 Å². The summed E-state index contributed by atoms with van der Waals surface area (Å²) in [6.45, 7) is 4.19. The second-order valence-electron chi connectivity index (χ2n) is 4.39. The number of nitrogens with one attached hydrogen (secondary N) is 1. The van der Waals surface area contributed by atoms with Crippen LogP contribution in [0.1, 0.15) is 35.1 Å². The number of benzene rings is 1. The lowest BCUT2D eigenvalue weighted by atomic mass is 10.1. The minimum atomic E-state index is -0.365. The fourth-order valence-corrected chi connectivity index (χ4v) is 2.83. The molecule has 4 nitrogen and oxygen atoms in total. The minimum absolute atomic E-state index is 0.143. The molecule has 0 fully saturated rings. The zero-order valence-electron chi connectivity index (χ0n) is 11.6. The van der Waals surface area contributed by atoms with Crippen LogP contribution in [0.15, 0.2) is 36.4 Å². The molecule has 0 saturated carbocycles. The van der Waals surface area contributed by atoms with Crippen LogP contribution < -0.4 is 11.1 Å². The summed E-state index contributed by atoms with van der Waals surface area (Å²) < 4.78 is 4.98. The normalized spacial score (nSPS) is 11.9. The van der Waals surface area contributed by atoms with Gasteiger partial charge in [0.2, 0.25) is 0 Å². The summed E-state index contributed by atoms with van der Waals surface area (Å²) in [7, 11) is 0. The summed E-state index contributed by atoms with van der Waals surface area (Å²) in [5.41, 5.74) is 7.49. The van der Waals surface area contributed by atoms with E-state index in [9.17, 15) is 4.79 Å². The molecule has 1 aromatic heterocycles. The second-order valence-corrected chi connectivity index (χ2v) is 5.44. The molecule has 1 atom stereocenters. The molecule has 0 spiro atoms. The first-order valence-corrected chi connectivity index (χ1v) is 7.31. The van der Waals surface area contributed by atoms with Gasteiger partial charge in [0.15, 0.2) is 0 Å². The third-order valence-corrected chi connectivity index (χ3v) is 3.94. The van der Waals surface area contributed by atoms with Crippen LogP contribution in [0, 0.1) is 0 Å². The van der Waals surface area contributed by atoms with Crippen molar-refractivity contribution in [2.75, 3.05) is 17.7 Å². The zero-order chi connectivity index (χ0) is 14.5. The maximum atomic E-state index is 11.7. The summed E-state index contributed by atoms with van der Waals surface area (Å²) in [5.74, 6) is -0.365. The molecule has 0 saturated heterocycles. The number of hydrogen-bond acceptors (Lipinski definition) is 5. The molecule has 106 valence electrons. The lowest BCUT2D eigenvalue weighted by Crippen LogP contribution is -2.05. The van der Waals surface area contributed by atoms with E-state index in [1.807, 2.05) is 18.2 Å². The summed E-state index contributed by atoms with van der Waals surface area (Å²) in [4.78, 5) is 12.2. The fourth-order valence-electron chi connectivity index (χ4n) is 1.87. The lowest BCUT2D eigenvalue weighted by molar-refractivity contribution is 0.0533. The lowest BCUT2D eigenvalue weighted by Gasteiger charge is -2.13. The van der Waals surface area contributed by atoms with Crippen LogP contribution in [0.3, 0.4) is 0 Å². The highest BCUT2D eigenvalue weighted by Gasteiger charge is 2.16. The number of nitrogens with two attached hydrogens (primary N) is 1. The van der Waals surface area contributed by atoms with E-state index in [2.05, 4.69) is 24.4 Å². The number of esters is 1. The Hall–Kier alpha value is -2.01. The molecule has 2 rings (SSSR count). The molecule has 0 amide bonds. The first-order chi connectivity index (χ1) is 9.61. The summed E-state index contributed by atoms with van der Waals surface area (Å²) in [6.07, 6.45) is 0. The topological polar surface area (TPSA) is 64.3 Å². The van der Waals surface area contributed by atoms with E-state index in [0.717, 1.165) is 5.00 Å². The predicted octanol–water partition coefficient (Wildman–Crippen LogP) is 3.68. The highest BCUT2D eigenvalue weighted by atomic mass is 32.1. The number of hydrogen-bond donors (Lipinski definition) is 2. The molecule has 0 radical (unpaired) electrons. The van der Waals surface area contributed by atoms with Crippen molar-refractivity contribution in [2.24, 2.45) is 0 Å². The SMILES string of the molecule is CCOC(=O)c1sc(NC(C)c2ccccc2)cc1N. The number of anilines is 2. The van der Waals surface area contributed by atoms with E-state index >= 15 is 0 Å². The number of carbonyl (C=O) groups is 1. The van der Waals surface area contributed by atoms with Crippen molar-refractivity contribution >= 4 is 28.0 Å². The van der Waals surface area contributed by atoms with E-state index in [-0.39, 0.29) is 12.0 Å². The third-order valence-electron chi connectivity index (χ3n) is 2.88. The second kappa shape index (κ2) is 6.43. The van der Waals surface area contributed by atoms with Gasteiger partial charge in [-0.05, 0) is 25.5 Å². The van der Waals surface area contributed by atoms with Crippen molar-refractivity contribution in [1.29, 1.82) is 0 Å². The molecule has 1 unspecified atom stereocenters. The van der Waals surface area contributed by atoms with E-state index < -0.39 is 0 Å². The summed E-state index contributed by atoms with van der Waals surface area (Å²) in [6, 6.07) is 12.0. The van der Waals surface area contributed by atoms with E-state index in [0.29, 0.717) is 17.2 Å². The molecule has 1 heterocycles. The molecule has 2 aromatic rings. The minimum Gasteiger partial charge on any atom is -0.462 e. The van der Waals surface area contributed by atoms with Gasteiger partial charge in [0.1, 0.15) is 4.88 Å². The number of carbonyl (C=O) groups excluding carboxylic acids is 1. The first-order valence-electron chi connectivity index (χ1n) is 6.49. The Morgan fingerprint density at radius 2 is 2.10 bits per heavy atom. The van der Waals surface area contributed by atoms with E-state index in [4.69, 9.17) is 10.5 Å². The Bertz CT molecular complexity index is 581. The van der Waals surface area contributed by atoms with Crippen LogP contribution in [0.4, 0.5) is 10.7 Å². The summed E-state index contributed by atoms with van der Waals surface area (Å²) >= 11 is 1.32. The molecule has 20 heavy (non-hydrogen) atoms. The van der Waals surface area contributed by atoms with Gasteiger partial charge in [-0.3, -0.25) is 0 Å². The molecule has 5 heteroatoms. The van der Waals surface area contributed by atoms with Gasteiger partial charge in [-0.15, -0.1) is 11.3 Å². The maximum absolute atomic E-state index is 11.7. The predicted molar refractivity (Wildman–Crippen MR) is 83.2 cm³/mol. The molecule has 0 aliphatic heterocycles. The van der Waals surface area contributed by atoms with Gasteiger partial charge in [0.05, 0.1) is 17.3 Å². The molecule has 1 aromatic carbocycles. The highest BCUT2D eigenvalue weighted by Crippen LogP contribution is 2.32. The van der Waals surface area contributed by atoms with Crippen molar-refractivity contribution in [3.05, 3.63) is 46.8 Å². The van der Waals surface area contributed by atoms with Crippen LogP contribution in [-0.4, -0.2) is 12.6 Å². The largest absolute Gasteiger partial charge is 0.462 e. The van der Waals surface area contributed by atoms with E-state index in [1.54, 1.807) is 13.0 Å². The van der Waals surface area contributed by atoms with Crippen molar-refractivity contribution < 1.29 is 9.53 Å². The van der Waals surface area contributed by atoms with Gasteiger partial charge in [-0.1, -0.05) is 30.3 Å². The maximum Gasteiger partial charge on any atom is 0.350 e. The van der Waals surface area contributed by atoms with Gasteiger partial charge in [-0.25, -0.2) is 4.79 Å². The van der Waals surface area contributed by atoms with Crippen molar-refractivity contribution in [3.63, 3.8) is 0 Å². The van der Waals surface area contributed by atoms with Crippen LogP contribution in [0.5, 0.6) is 0 Å². The number of rotatable bonds is 5. The smallest absolute Gasteiger partial charge is 0.350 e. The molecular formula is C15H18N2O2S. The average Bonchev–Trinajstić information content (AvgIpc) is 2.81. The number of ether oxygens (including phenoxy) is 1. The molecule has 3 N–H and O–H groups in total. The average molecular weight is 290 g/mol. The molecule has 0 bridgehead atoms. The van der Waals surface area contributed by atoms with Gasteiger partial charge >= 0.3 is 5.97 Å². The quantitative estimate of drug-likeness (QED) is 0.824. The standard InChI is InChI=1S/C15H18N2O2S/c1-3-19-15(18)14-12(16)9-13(20-14)17-10(2)11-7-5-4-6-8-11/h4-10,17H,3,16H2,1-2H3. The van der Waals surface area contributed by atoms with E-state index in [1.165, 1.54) is 16.9 Å². The van der Waals surface area contributed by atoms with Gasteiger partial charge in [0, 0.05) is 6.04 Å². The zero-order valence-corrected chi connectivity index (χ0v) is 12.4. The molecular weight excluding hydrogens is 272 g/mol. The van der Waals surface area contributed by atoms with Crippen molar-refractivity contribution in [1.82, 2.24) is 0 Å². The van der Waals surface area contributed by atoms with Crippen LogP contribution in [-0.2, 0) is 4.74 Å². The molecule has 0 aliphatic rings. The Balaban J connectivity index is 2.11. The Morgan fingerprint density at radius 1 is 1.40 bits per heavy atom.